The average molecular weight is 415 g/mol. The largest absolute Gasteiger partial charge is 0.427 e. The van der Waals surface area contributed by atoms with Crippen LogP contribution in [0.4, 0.5) is 5.82 Å². The van der Waals surface area contributed by atoms with E-state index in [4.69, 9.17) is 4.42 Å². The number of halogens is 1. The molecule has 0 aliphatic carbocycles. The molecule has 1 fully saturated rings. The van der Waals surface area contributed by atoms with Crippen LogP contribution in [0, 0.1) is 6.92 Å². The maximum Gasteiger partial charge on any atom is 0.349 e. The molecule has 0 spiro atoms. The van der Waals surface area contributed by atoms with Crippen molar-refractivity contribution in [3.8, 4) is 5.69 Å². The highest BCUT2D eigenvalue weighted by molar-refractivity contribution is 6.04. The first kappa shape index (κ1) is 20.8. The first-order valence-corrected chi connectivity index (χ1v) is 9.39. The lowest BCUT2D eigenvalue weighted by Gasteiger charge is -2.22. The Balaban J connectivity index is 0.00000240. The summed E-state index contributed by atoms with van der Waals surface area (Å²) in [5.41, 5.74) is 0.858. The second kappa shape index (κ2) is 9.07. The number of hydrogen-bond donors (Lipinski definition) is 2. The number of nitrogens with one attached hydrogen (secondary N) is 2. The van der Waals surface area contributed by atoms with Gasteiger partial charge in [-0.3, -0.25) is 4.79 Å². The fourth-order valence-electron chi connectivity index (χ4n) is 3.57. The molecule has 2 aromatic heterocycles. The minimum Gasteiger partial charge on any atom is -0.427 e. The molecule has 3 heterocycles. The van der Waals surface area contributed by atoms with Crippen LogP contribution in [0.3, 0.4) is 0 Å². The number of hydrogen-bond acceptors (Lipinski definition) is 5. The molecule has 0 unspecified atom stereocenters. The van der Waals surface area contributed by atoms with E-state index in [1.807, 2.05) is 36.4 Å². The predicted molar refractivity (Wildman–Crippen MR) is 113 cm³/mol. The number of aromatic nitrogens is 2. The van der Waals surface area contributed by atoms with Gasteiger partial charge in [0.05, 0.1) is 11.9 Å². The number of benzene rings is 1. The molecule has 7 nitrogen and oxygen atoms in total. The number of amides is 1. The van der Waals surface area contributed by atoms with Gasteiger partial charge in [0.25, 0.3) is 5.91 Å². The first-order valence-electron chi connectivity index (χ1n) is 9.39. The molecule has 29 heavy (non-hydrogen) atoms. The van der Waals surface area contributed by atoms with Crippen LogP contribution in [0.15, 0.2) is 57.9 Å². The smallest absolute Gasteiger partial charge is 0.349 e. The van der Waals surface area contributed by atoms with Gasteiger partial charge >= 0.3 is 5.63 Å². The lowest BCUT2D eigenvalue weighted by Crippen LogP contribution is -2.28. The molecule has 8 heteroatoms. The van der Waals surface area contributed by atoms with Crippen molar-refractivity contribution >= 4 is 24.1 Å². The summed E-state index contributed by atoms with van der Waals surface area (Å²) < 4.78 is 7.13. The monoisotopic (exact) mass is 414 g/mol. The second-order valence-corrected chi connectivity index (χ2v) is 6.94. The van der Waals surface area contributed by atoms with Crippen molar-refractivity contribution in [2.24, 2.45) is 0 Å². The van der Waals surface area contributed by atoms with E-state index in [9.17, 15) is 9.59 Å². The van der Waals surface area contributed by atoms with Gasteiger partial charge in [-0.1, -0.05) is 18.2 Å². The Kier molecular flexibility index (Phi) is 6.51. The summed E-state index contributed by atoms with van der Waals surface area (Å²) in [7, 11) is 0. The summed E-state index contributed by atoms with van der Waals surface area (Å²) in [6.45, 7) is 3.57. The van der Waals surface area contributed by atoms with E-state index in [1.165, 1.54) is 0 Å². The SMILES string of the molecule is Cc1cc(C2CCNCC2)oc(=O)c1C(=O)Nc1ccnn1-c1ccccc1.Cl. The van der Waals surface area contributed by atoms with Crippen molar-refractivity contribution in [3.05, 3.63) is 76.0 Å². The summed E-state index contributed by atoms with van der Waals surface area (Å²) in [6.07, 6.45) is 3.44. The van der Waals surface area contributed by atoms with E-state index in [0.717, 1.165) is 31.6 Å². The summed E-state index contributed by atoms with van der Waals surface area (Å²) in [5.74, 6) is 0.859. The lowest BCUT2D eigenvalue weighted by atomic mass is 9.94. The third kappa shape index (κ3) is 4.41. The standard InChI is InChI=1S/C21H22N4O3.ClH/c1-14-13-17(15-7-10-22-11-8-15)28-21(27)19(14)20(26)24-18-9-12-23-25(18)16-5-3-2-4-6-16;/h2-6,9,12-13,15,22H,7-8,10-11H2,1H3,(H,24,26);1H. The Morgan fingerprint density at radius 3 is 2.62 bits per heavy atom. The Bertz CT molecular complexity index is 1040. The summed E-state index contributed by atoms with van der Waals surface area (Å²) in [6, 6.07) is 13.0. The van der Waals surface area contributed by atoms with Crippen LogP contribution in [-0.4, -0.2) is 28.8 Å². The zero-order chi connectivity index (χ0) is 19.5. The van der Waals surface area contributed by atoms with Crippen molar-refractivity contribution in [1.29, 1.82) is 0 Å². The zero-order valence-corrected chi connectivity index (χ0v) is 16.9. The zero-order valence-electron chi connectivity index (χ0n) is 16.1. The van der Waals surface area contributed by atoms with Crippen LogP contribution in [0.5, 0.6) is 0 Å². The molecule has 4 rings (SSSR count). The summed E-state index contributed by atoms with van der Waals surface area (Å²) in [4.78, 5) is 25.4. The molecular formula is C21H23ClN4O3. The van der Waals surface area contributed by atoms with Crippen molar-refractivity contribution in [3.63, 3.8) is 0 Å². The summed E-state index contributed by atoms with van der Waals surface area (Å²) >= 11 is 0. The number of carbonyl (C=O) groups excluding carboxylic acids is 1. The molecule has 3 aromatic rings. The molecule has 0 radical (unpaired) electrons. The van der Waals surface area contributed by atoms with Crippen LogP contribution >= 0.6 is 12.4 Å². The van der Waals surface area contributed by atoms with Crippen molar-refractivity contribution in [2.75, 3.05) is 18.4 Å². The quantitative estimate of drug-likeness (QED) is 0.683. The number of para-hydroxylation sites is 1. The molecule has 2 N–H and O–H groups in total. The van der Waals surface area contributed by atoms with E-state index in [0.29, 0.717) is 17.1 Å². The van der Waals surface area contributed by atoms with Gasteiger partial charge in [-0.2, -0.15) is 5.10 Å². The van der Waals surface area contributed by atoms with Gasteiger partial charge < -0.3 is 15.1 Å². The maximum atomic E-state index is 12.8. The third-order valence-corrected chi connectivity index (χ3v) is 5.02. The van der Waals surface area contributed by atoms with Gasteiger partial charge in [-0.05, 0) is 56.6 Å². The molecule has 1 aromatic carbocycles. The molecular weight excluding hydrogens is 392 g/mol. The number of piperidine rings is 1. The van der Waals surface area contributed by atoms with E-state index >= 15 is 0 Å². The topological polar surface area (TPSA) is 89.2 Å². The van der Waals surface area contributed by atoms with E-state index < -0.39 is 11.5 Å². The molecule has 1 aliphatic heterocycles. The van der Waals surface area contributed by atoms with Crippen molar-refractivity contribution < 1.29 is 9.21 Å². The van der Waals surface area contributed by atoms with Gasteiger partial charge in [0.15, 0.2) is 0 Å². The molecule has 1 aliphatic rings. The summed E-state index contributed by atoms with van der Waals surface area (Å²) in [5, 5.41) is 10.3. The number of nitrogens with zero attached hydrogens (tertiary/aromatic N) is 2. The van der Waals surface area contributed by atoms with Crippen LogP contribution in [-0.2, 0) is 0 Å². The number of anilines is 1. The minimum absolute atomic E-state index is 0. The van der Waals surface area contributed by atoms with Crippen LogP contribution in [0.2, 0.25) is 0 Å². The van der Waals surface area contributed by atoms with E-state index in [-0.39, 0.29) is 23.9 Å². The van der Waals surface area contributed by atoms with Crippen LogP contribution in [0.1, 0.15) is 40.4 Å². The highest BCUT2D eigenvalue weighted by atomic mass is 35.5. The molecule has 0 bridgehead atoms. The third-order valence-electron chi connectivity index (χ3n) is 5.02. The second-order valence-electron chi connectivity index (χ2n) is 6.94. The average Bonchev–Trinajstić information content (AvgIpc) is 3.17. The lowest BCUT2D eigenvalue weighted by molar-refractivity contribution is 0.102. The van der Waals surface area contributed by atoms with Gasteiger partial charge in [-0.25, -0.2) is 9.48 Å². The van der Waals surface area contributed by atoms with E-state index in [1.54, 1.807) is 23.9 Å². The highest BCUT2D eigenvalue weighted by Gasteiger charge is 2.23. The number of carbonyl (C=O) groups is 1. The van der Waals surface area contributed by atoms with Crippen molar-refractivity contribution in [2.45, 2.75) is 25.7 Å². The molecule has 0 atom stereocenters. The fourth-order valence-corrected chi connectivity index (χ4v) is 3.57. The number of rotatable bonds is 4. The van der Waals surface area contributed by atoms with Crippen LogP contribution < -0.4 is 16.3 Å². The number of aryl methyl sites for hydroxylation is 1. The van der Waals surface area contributed by atoms with Gasteiger partial charge in [-0.15, -0.1) is 12.4 Å². The Morgan fingerprint density at radius 1 is 1.21 bits per heavy atom. The maximum absolute atomic E-state index is 12.8. The Hall–Kier alpha value is -2.90. The molecule has 1 saturated heterocycles. The van der Waals surface area contributed by atoms with Gasteiger partial charge in [0, 0.05) is 12.0 Å². The minimum atomic E-state index is -0.600. The Labute approximate surface area is 174 Å². The highest BCUT2D eigenvalue weighted by Crippen LogP contribution is 2.25. The molecule has 0 saturated carbocycles. The van der Waals surface area contributed by atoms with Crippen molar-refractivity contribution in [1.82, 2.24) is 15.1 Å². The van der Waals surface area contributed by atoms with Gasteiger partial charge in [0.2, 0.25) is 0 Å². The predicted octanol–water partition coefficient (Wildman–Crippen LogP) is 3.28. The first-order chi connectivity index (χ1) is 13.6. The van der Waals surface area contributed by atoms with Gasteiger partial charge in [0.1, 0.15) is 17.1 Å². The normalized spacial score (nSPS) is 14.2. The molecule has 1 amide bonds. The van der Waals surface area contributed by atoms with Crippen LogP contribution in [0.25, 0.3) is 5.69 Å². The van der Waals surface area contributed by atoms with E-state index in [2.05, 4.69) is 15.7 Å². The molecule has 152 valence electrons. The fraction of sp³-hybridized carbons (Fsp3) is 0.286. The Morgan fingerprint density at radius 2 is 1.93 bits per heavy atom.